The Morgan fingerprint density at radius 2 is 1.33 bits per heavy atom. The van der Waals surface area contributed by atoms with E-state index in [2.05, 4.69) is 0 Å². The van der Waals surface area contributed by atoms with Gasteiger partial charge in [-0.25, -0.2) is 0 Å². The predicted octanol–water partition coefficient (Wildman–Crippen LogP) is 2.21. The molecule has 6 atom stereocenters. The molecular formula is C11H16O. The zero-order valence-electron chi connectivity index (χ0n) is 7.41. The first-order valence-corrected chi connectivity index (χ1v) is 5.57. The van der Waals surface area contributed by atoms with E-state index >= 15 is 0 Å². The van der Waals surface area contributed by atoms with Crippen molar-refractivity contribution in [1.82, 2.24) is 0 Å². The van der Waals surface area contributed by atoms with Gasteiger partial charge in [-0.2, -0.15) is 0 Å². The molecule has 4 aliphatic rings. The van der Waals surface area contributed by atoms with Crippen LogP contribution >= 0.6 is 0 Å². The van der Waals surface area contributed by atoms with E-state index in [-0.39, 0.29) is 0 Å². The van der Waals surface area contributed by atoms with Crippen LogP contribution in [0, 0.1) is 23.7 Å². The normalized spacial score (nSPS) is 66.0. The first-order valence-electron chi connectivity index (χ1n) is 5.57. The Morgan fingerprint density at radius 3 is 1.92 bits per heavy atom. The molecule has 3 saturated carbocycles. The van der Waals surface area contributed by atoms with Crippen molar-refractivity contribution in [3.63, 3.8) is 0 Å². The van der Waals surface area contributed by atoms with E-state index < -0.39 is 0 Å². The van der Waals surface area contributed by atoms with Crippen LogP contribution in [0.25, 0.3) is 0 Å². The summed E-state index contributed by atoms with van der Waals surface area (Å²) < 4.78 is 5.64. The fourth-order valence-electron chi connectivity index (χ4n) is 4.39. The van der Waals surface area contributed by atoms with E-state index in [0.29, 0.717) is 12.2 Å². The van der Waals surface area contributed by atoms with Crippen LogP contribution in [0.5, 0.6) is 0 Å². The van der Waals surface area contributed by atoms with E-state index in [0.717, 1.165) is 23.7 Å². The molecule has 0 radical (unpaired) electrons. The van der Waals surface area contributed by atoms with Crippen molar-refractivity contribution in [2.45, 2.75) is 44.3 Å². The second-order valence-corrected chi connectivity index (χ2v) is 5.35. The van der Waals surface area contributed by atoms with Crippen molar-refractivity contribution in [3.8, 4) is 0 Å². The molecule has 1 aliphatic heterocycles. The summed E-state index contributed by atoms with van der Waals surface area (Å²) in [5, 5.41) is 0. The average molecular weight is 164 g/mol. The largest absolute Gasteiger partial charge is 0.370 e. The Balaban J connectivity index is 1.67. The lowest BCUT2D eigenvalue weighted by Gasteiger charge is -2.32. The third-order valence-corrected chi connectivity index (χ3v) is 4.97. The smallest absolute Gasteiger partial charge is 0.0844 e. The summed E-state index contributed by atoms with van der Waals surface area (Å²) in [5.41, 5.74) is 0. The highest BCUT2D eigenvalue weighted by Crippen LogP contribution is 2.60. The minimum atomic E-state index is 0.714. The van der Waals surface area contributed by atoms with Gasteiger partial charge in [0, 0.05) is 0 Å². The van der Waals surface area contributed by atoms with Crippen LogP contribution in [-0.2, 0) is 4.74 Å². The maximum atomic E-state index is 5.64. The summed E-state index contributed by atoms with van der Waals surface area (Å²) >= 11 is 0. The van der Waals surface area contributed by atoms with E-state index in [1.165, 1.54) is 12.8 Å². The van der Waals surface area contributed by atoms with Crippen molar-refractivity contribution in [1.29, 1.82) is 0 Å². The molecule has 0 aromatic rings. The molecule has 0 aromatic heterocycles. The summed E-state index contributed by atoms with van der Waals surface area (Å²) in [7, 11) is 0. The molecule has 12 heavy (non-hydrogen) atoms. The maximum Gasteiger partial charge on any atom is 0.0844 e. The minimum absolute atomic E-state index is 0.714. The molecular weight excluding hydrogens is 148 g/mol. The van der Waals surface area contributed by atoms with Crippen molar-refractivity contribution in [2.24, 2.45) is 23.7 Å². The maximum absolute atomic E-state index is 5.64. The average Bonchev–Trinajstić information content (AvgIpc) is 2.57. The summed E-state index contributed by atoms with van der Waals surface area (Å²) in [5.74, 6) is 4.41. The van der Waals surface area contributed by atoms with Crippen LogP contribution in [0.4, 0.5) is 0 Å². The fourth-order valence-corrected chi connectivity index (χ4v) is 4.39. The van der Waals surface area contributed by atoms with Gasteiger partial charge >= 0.3 is 0 Å². The lowest BCUT2D eigenvalue weighted by molar-refractivity contribution is 0.176. The third-order valence-electron chi connectivity index (χ3n) is 4.97. The monoisotopic (exact) mass is 164 g/mol. The Hall–Kier alpha value is -0.0400. The van der Waals surface area contributed by atoms with Crippen molar-refractivity contribution < 1.29 is 4.74 Å². The molecule has 1 nitrogen and oxygen atoms in total. The highest BCUT2D eigenvalue weighted by Gasteiger charge is 2.57. The second-order valence-electron chi connectivity index (χ2n) is 5.35. The number of ether oxygens (including phenoxy) is 1. The second kappa shape index (κ2) is 1.89. The molecule has 4 rings (SSSR count). The minimum Gasteiger partial charge on any atom is -0.370 e. The van der Waals surface area contributed by atoms with Crippen molar-refractivity contribution in [2.75, 3.05) is 0 Å². The molecule has 1 saturated heterocycles. The van der Waals surface area contributed by atoms with Crippen LogP contribution in [0.3, 0.4) is 0 Å². The number of hydrogen-bond acceptors (Lipinski definition) is 1. The van der Waals surface area contributed by atoms with Crippen LogP contribution in [0.2, 0.25) is 0 Å². The van der Waals surface area contributed by atoms with E-state index in [9.17, 15) is 0 Å². The molecule has 3 aliphatic carbocycles. The lowest BCUT2D eigenvalue weighted by atomic mass is 9.71. The van der Waals surface area contributed by atoms with E-state index in [1.54, 1.807) is 19.3 Å². The van der Waals surface area contributed by atoms with Crippen LogP contribution < -0.4 is 0 Å². The van der Waals surface area contributed by atoms with Gasteiger partial charge in [-0.3, -0.25) is 0 Å². The highest BCUT2D eigenvalue weighted by atomic mass is 16.6. The Kier molecular flexibility index (Phi) is 1.01. The molecule has 2 bridgehead atoms. The van der Waals surface area contributed by atoms with Gasteiger partial charge in [0.2, 0.25) is 0 Å². The Labute approximate surface area is 73.5 Å². The standard InChI is InChI=1S/C11H16O/c1-2-7-3-6(1)8-4-10-11(12-10)5-9(7)8/h6-11H,1-5H2/t6?,7?,8-,9?,10?,11?/m0/s1. The summed E-state index contributed by atoms with van der Waals surface area (Å²) in [4.78, 5) is 0. The van der Waals surface area contributed by atoms with Gasteiger partial charge in [0.1, 0.15) is 0 Å². The van der Waals surface area contributed by atoms with Crippen molar-refractivity contribution >= 4 is 0 Å². The molecule has 5 unspecified atom stereocenters. The van der Waals surface area contributed by atoms with Crippen molar-refractivity contribution in [3.05, 3.63) is 0 Å². The zero-order valence-corrected chi connectivity index (χ0v) is 7.41. The fraction of sp³-hybridized carbons (Fsp3) is 1.00. The lowest BCUT2D eigenvalue weighted by Crippen LogP contribution is -2.29. The zero-order chi connectivity index (χ0) is 7.71. The Morgan fingerprint density at radius 1 is 0.750 bits per heavy atom. The molecule has 4 fully saturated rings. The highest BCUT2D eigenvalue weighted by molar-refractivity contribution is 5.05. The van der Waals surface area contributed by atoms with Crippen LogP contribution in [0.15, 0.2) is 0 Å². The molecule has 66 valence electrons. The van der Waals surface area contributed by atoms with Gasteiger partial charge in [-0.15, -0.1) is 0 Å². The van der Waals surface area contributed by atoms with Gasteiger partial charge in [-0.1, -0.05) is 0 Å². The SMILES string of the molecule is C1CC2CC1C1CC3OC3C[C@@H]21. The molecule has 1 heteroatoms. The molecule has 1 heterocycles. The molecule has 0 spiro atoms. The van der Waals surface area contributed by atoms with Crippen LogP contribution in [-0.4, -0.2) is 12.2 Å². The van der Waals surface area contributed by atoms with Gasteiger partial charge < -0.3 is 4.74 Å². The van der Waals surface area contributed by atoms with Gasteiger partial charge in [0.25, 0.3) is 0 Å². The first-order chi connectivity index (χ1) is 5.92. The third kappa shape index (κ3) is 0.654. The molecule has 0 N–H and O–H groups in total. The van der Waals surface area contributed by atoms with Crippen LogP contribution in [0.1, 0.15) is 32.1 Å². The number of fused-ring (bicyclic) bond motifs is 6. The summed E-state index contributed by atoms with van der Waals surface area (Å²) in [6, 6.07) is 0. The topological polar surface area (TPSA) is 12.5 Å². The quantitative estimate of drug-likeness (QED) is 0.500. The number of epoxide rings is 1. The predicted molar refractivity (Wildman–Crippen MR) is 45.7 cm³/mol. The summed E-state index contributed by atoms with van der Waals surface area (Å²) in [6.45, 7) is 0. The molecule has 0 aromatic carbocycles. The van der Waals surface area contributed by atoms with Gasteiger partial charge in [-0.05, 0) is 55.8 Å². The summed E-state index contributed by atoms with van der Waals surface area (Å²) in [6.07, 6.45) is 8.95. The number of hydrogen-bond donors (Lipinski definition) is 0. The first kappa shape index (κ1) is 6.42. The van der Waals surface area contributed by atoms with Gasteiger partial charge in [0.05, 0.1) is 12.2 Å². The van der Waals surface area contributed by atoms with Gasteiger partial charge in [0.15, 0.2) is 0 Å². The van der Waals surface area contributed by atoms with E-state index in [4.69, 9.17) is 4.74 Å². The molecule has 0 amide bonds. The Bertz CT molecular complexity index is 203. The number of rotatable bonds is 0. The van der Waals surface area contributed by atoms with E-state index in [1.807, 2.05) is 0 Å².